The van der Waals surface area contributed by atoms with Crippen LogP contribution >= 0.6 is 0 Å². The van der Waals surface area contributed by atoms with Crippen molar-refractivity contribution < 1.29 is 17.5 Å². The van der Waals surface area contributed by atoms with Crippen molar-refractivity contribution in [3.63, 3.8) is 0 Å². The summed E-state index contributed by atoms with van der Waals surface area (Å²) in [6.07, 6.45) is 0. The molecule has 0 aliphatic heterocycles. The van der Waals surface area contributed by atoms with Gasteiger partial charge in [-0.05, 0) is 47.2 Å². The Labute approximate surface area is 150 Å². The van der Waals surface area contributed by atoms with Gasteiger partial charge in [-0.1, -0.05) is 52.0 Å². The highest BCUT2D eigenvalue weighted by Crippen LogP contribution is 2.15. The maximum atomic E-state index is 8.74. The number of anilines is 2. The quantitative estimate of drug-likeness (QED) is 0.466. The molecule has 6 nitrogen and oxygen atoms in total. The van der Waals surface area contributed by atoms with Gasteiger partial charge in [0.1, 0.15) is 0 Å². The normalized spacial score (nSPS) is 10.6. The van der Waals surface area contributed by atoms with Crippen molar-refractivity contribution in [2.45, 2.75) is 39.5 Å². The molecule has 140 valence electrons. The molecule has 2 aromatic rings. The molecule has 0 fully saturated rings. The molecule has 0 heterocycles. The molecular formula is C18H28N2O4S. The van der Waals surface area contributed by atoms with E-state index in [4.69, 9.17) is 29.0 Å². The second kappa shape index (κ2) is 10.7. The van der Waals surface area contributed by atoms with Crippen molar-refractivity contribution in [2.75, 3.05) is 11.5 Å². The molecule has 2 aromatic carbocycles. The smallest absolute Gasteiger partial charge is 0.394 e. The van der Waals surface area contributed by atoms with Gasteiger partial charge in [0.25, 0.3) is 0 Å². The van der Waals surface area contributed by atoms with Crippen molar-refractivity contribution in [3.05, 3.63) is 59.7 Å². The average Bonchev–Trinajstić information content (AvgIpc) is 2.47. The monoisotopic (exact) mass is 368 g/mol. The average molecular weight is 368 g/mol. The van der Waals surface area contributed by atoms with Crippen LogP contribution in [0.3, 0.4) is 0 Å². The number of nitrogen functional groups attached to an aromatic ring is 2. The van der Waals surface area contributed by atoms with E-state index in [0.29, 0.717) is 11.8 Å². The van der Waals surface area contributed by atoms with Gasteiger partial charge in [0.2, 0.25) is 0 Å². The number of hydrogen-bond donors (Lipinski definition) is 4. The van der Waals surface area contributed by atoms with Crippen molar-refractivity contribution >= 4 is 21.8 Å². The zero-order valence-electron chi connectivity index (χ0n) is 15.0. The fraction of sp³-hybridized carbons (Fsp3) is 0.333. The SMILES string of the molecule is CC(C)c1ccc(N)cc1.CC(C)c1ccc(N)cc1.O=S(=O)(O)O. The largest absolute Gasteiger partial charge is 0.399 e. The molecule has 7 heteroatoms. The molecule has 0 radical (unpaired) electrons. The van der Waals surface area contributed by atoms with Gasteiger partial charge in [-0.25, -0.2) is 0 Å². The first-order valence-electron chi connectivity index (χ1n) is 7.81. The van der Waals surface area contributed by atoms with Crippen molar-refractivity contribution in [3.8, 4) is 0 Å². The van der Waals surface area contributed by atoms with Crippen molar-refractivity contribution in [1.82, 2.24) is 0 Å². The maximum Gasteiger partial charge on any atom is 0.394 e. The van der Waals surface area contributed by atoms with E-state index in [1.54, 1.807) is 0 Å². The number of nitrogens with two attached hydrogens (primary N) is 2. The van der Waals surface area contributed by atoms with Gasteiger partial charge in [0.05, 0.1) is 0 Å². The van der Waals surface area contributed by atoms with Gasteiger partial charge in [0.15, 0.2) is 0 Å². The van der Waals surface area contributed by atoms with Crippen LogP contribution in [0.1, 0.15) is 50.7 Å². The maximum absolute atomic E-state index is 8.74. The predicted molar refractivity (Wildman–Crippen MR) is 104 cm³/mol. The van der Waals surface area contributed by atoms with Gasteiger partial charge >= 0.3 is 10.4 Å². The van der Waals surface area contributed by atoms with Crippen LogP contribution in [0.5, 0.6) is 0 Å². The summed E-state index contributed by atoms with van der Waals surface area (Å²) in [4.78, 5) is 0. The minimum Gasteiger partial charge on any atom is -0.399 e. The van der Waals surface area contributed by atoms with Gasteiger partial charge in [-0.3, -0.25) is 9.11 Å². The van der Waals surface area contributed by atoms with Gasteiger partial charge in [0, 0.05) is 11.4 Å². The first-order valence-corrected chi connectivity index (χ1v) is 9.20. The first kappa shape index (κ1) is 22.9. The van der Waals surface area contributed by atoms with Crippen LogP contribution in [-0.2, 0) is 10.4 Å². The van der Waals surface area contributed by atoms with E-state index in [1.165, 1.54) is 11.1 Å². The second-order valence-electron chi connectivity index (χ2n) is 6.09. The van der Waals surface area contributed by atoms with Crippen LogP contribution in [0.25, 0.3) is 0 Å². The van der Waals surface area contributed by atoms with Crippen molar-refractivity contribution in [1.29, 1.82) is 0 Å². The van der Waals surface area contributed by atoms with Crippen LogP contribution in [0.15, 0.2) is 48.5 Å². The number of rotatable bonds is 2. The molecule has 0 saturated carbocycles. The first-order chi connectivity index (χ1) is 11.4. The Kier molecular flexibility index (Phi) is 9.81. The van der Waals surface area contributed by atoms with Crippen LogP contribution < -0.4 is 11.5 Å². The molecule has 0 atom stereocenters. The molecule has 0 aliphatic rings. The summed E-state index contributed by atoms with van der Waals surface area (Å²) in [5.74, 6) is 1.20. The summed E-state index contributed by atoms with van der Waals surface area (Å²) < 4.78 is 31.6. The highest BCUT2D eigenvalue weighted by Gasteiger charge is 1.96. The molecule has 25 heavy (non-hydrogen) atoms. The summed E-state index contributed by atoms with van der Waals surface area (Å²) in [5.41, 5.74) is 15.4. The van der Waals surface area contributed by atoms with Gasteiger partial charge in [-0.15, -0.1) is 0 Å². The zero-order valence-corrected chi connectivity index (χ0v) is 15.9. The molecule has 6 N–H and O–H groups in total. The van der Waals surface area contributed by atoms with E-state index in [9.17, 15) is 0 Å². The van der Waals surface area contributed by atoms with Gasteiger partial charge < -0.3 is 11.5 Å². The lowest BCUT2D eigenvalue weighted by Crippen LogP contribution is -1.89. The Balaban J connectivity index is 0.000000368. The Bertz CT molecular complexity index is 652. The Morgan fingerprint density at radius 1 is 0.680 bits per heavy atom. The molecule has 2 rings (SSSR count). The summed E-state index contributed by atoms with van der Waals surface area (Å²) in [6.45, 7) is 8.69. The number of benzene rings is 2. The third-order valence-electron chi connectivity index (χ3n) is 3.21. The highest BCUT2D eigenvalue weighted by molar-refractivity contribution is 7.79. The lowest BCUT2D eigenvalue weighted by molar-refractivity contribution is 0.381. The fourth-order valence-electron chi connectivity index (χ4n) is 1.76. The third-order valence-corrected chi connectivity index (χ3v) is 3.21. The van der Waals surface area contributed by atoms with E-state index in [2.05, 4.69) is 52.0 Å². The summed E-state index contributed by atoms with van der Waals surface area (Å²) in [6, 6.07) is 16.0. The standard InChI is InChI=1S/2C9H13N.H2O4S/c2*1-7(2)8-3-5-9(10)6-4-8;1-5(2,3)4/h2*3-7H,10H2,1-2H3;(H2,1,2,3,4). The molecule has 0 aliphatic carbocycles. The van der Waals surface area contributed by atoms with Gasteiger partial charge in [-0.2, -0.15) is 8.42 Å². The third kappa shape index (κ3) is 12.9. The van der Waals surface area contributed by atoms with Crippen LogP contribution in [0.4, 0.5) is 11.4 Å². The Hall–Kier alpha value is -2.09. The number of hydrogen-bond acceptors (Lipinski definition) is 4. The van der Waals surface area contributed by atoms with Crippen molar-refractivity contribution in [2.24, 2.45) is 0 Å². The van der Waals surface area contributed by atoms with Crippen LogP contribution in [-0.4, -0.2) is 17.5 Å². The molecule has 0 bridgehead atoms. The zero-order chi connectivity index (χ0) is 19.6. The van der Waals surface area contributed by atoms with E-state index in [-0.39, 0.29) is 0 Å². The molecule has 0 amide bonds. The predicted octanol–water partition coefficient (Wildman–Crippen LogP) is 4.13. The summed E-state index contributed by atoms with van der Waals surface area (Å²) in [7, 11) is -4.67. The Morgan fingerprint density at radius 3 is 1.04 bits per heavy atom. The minimum absolute atomic E-state index is 0.598. The highest BCUT2D eigenvalue weighted by atomic mass is 32.3. The lowest BCUT2D eigenvalue weighted by atomic mass is 10.0. The topological polar surface area (TPSA) is 127 Å². The minimum atomic E-state index is -4.67. The van der Waals surface area contributed by atoms with Crippen LogP contribution in [0.2, 0.25) is 0 Å². The Morgan fingerprint density at radius 2 is 0.880 bits per heavy atom. The van der Waals surface area contributed by atoms with E-state index in [1.807, 2.05) is 24.3 Å². The van der Waals surface area contributed by atoms with E-state index in [0.717, 1.165) is 11.4 Å². The van der Waals surface area contributed by atoms with Crippen LogP contribution in [0, 0.1) is 0 Å². The molecular weight excluding hydrogens is 340 g/mol. The second-order valence-corrected chi connectivity index (χ2v) is 6.99. The summed E-state index contributed by atoms with van der Waals surface area (Å²) in [5, 5.41) is 0. The summed E-state index contributed by atoms with van der Waals surface area (Å²) >= 11 is 0. The molecule has 0 saturated heterocycles. The molecule has 0 aromatic heterocycles. The molecule has 0 unspecified atom stereocenters. The van der Waals surface area contributed by atoms with E-state index >= 15 is 0 Å². The molecule has 0 spiro atoms. The van der Waals surface area contributed by atoms with E-state index < -0.39 is 10.4 Å². The lowest BCUT2D eigenvalue weighted by Gasteiger charge is -2.03. The fourth-order valence-corrected chi connectivity index (χ4v) is 1.76.